The maximum atomic E-state index is 13.6. The fourth-order valence-electron chi connectivity index (χ4n) is 4.38. The zero-order chi connectivity index (χ0) is 24.2. The van der Waals surface area contributed by atoms with E-state index in [-0.39, 0.29) is 18.4 Å². The quantitative estimate of drug-likeness (QED) is 0.317. The summed E-state index contributed by atoms with van der Waals surface area (Å²) in [6.07, 6.45) is 2.24. The topological polar surface area (TPSA) is 60.9 Å². The lowest BCUT2D eigenvalue weighted by atomic mass is 10.0. The fourth-order valence-corrected chi connectivity index (χ4v) is 5.48. The number of amides is 1. The third-order valence-electron chi connectivity index (χ3n) is 6.26. The molecule has 0 spiro atoms. The Balaban J connectivity index is 1.43. The Morgan fingerprint density at radius 1 is 1.00 bits per heavy atom. The van der Waals surface area contributed by atoms with Crippen LogP contribution in [0.3, 0.4) is 0 Å². The summed E-state index contributed by atoms with van der Waals surface area (Å²) in [6.45, 7) is 1.21. The molecule has 35 heavy (non-hydrogen) atoms. The lowest BCUT2D eigenvalue weighted by molar-refractivity contribution is -0.118. The molecule has 1 aromatic heterocycles. The number of ether oxygens (including phenoxy) is 3. The van der Waals surface area contributed by atoms with Crippen molar-refractivity contribution in [2.24, 2.45) is 0 Å². The number of nitrogens with zero attached hydrogens (tertiary/aromatic N) is 2. The highest BCUT2D eigenvalue weighted by Crippen LogP contribution is 2.40. The summed E-state index contributed by atoms with van der Waals surface area (Å²) in [4.78, 5) is 20.2. The maximum absolute atomic E-state index is 13.6. The van der Waals surface area contributed by atoms with E-state index in [4.69, 9.17) is 19.2 Å². The van der Waals surface area contributed by atoms with E-state index in [9.17, 15) is 4.79 Å². The highest BCUT2D eigenvalue weighted by Gasteiger charge is 2.27. The van der Waals surface area contributed by atoms with Crippen molar-refractivity contribution in [2.75, 3.05) is 32.3 Å². The van der Waals surface area contributed by atoms with Gasteiger partial charge in [-0.15, -0.1) is 0 Å². The molecule has 1 aliphatic rings. The molecular formula is C28H28N2O4S. The summed E-state index contributed by atoms with van der Waals surface area (Å²) in [5, 5.41) is 0.629. The molecule has 2 heterocycles. The lowest BCUT2D eigenvalue weighted by Gasteiger charge is -2.23. The van der Waals surface area contributed by atoms with E-state index in [1.807, 2.05) is 42.5 Å². The van der Waals surface area contributed by atoms with Crippen molar-refractivity contribution in [1.29, 1.82) is 0 Å². The number of benzene rings is 3. The molecule has 5 rings (SSSR count). The number of rotatable bonds is 8. The van der Waals surface area contributed by atoms with Gasteiger partial charge in [0, 0.05) is 6.61 Å². The Labute approximate surface area is 209 Å². The van der Waals surface area contributed by atoms with Crippen LogP contribution in [0.15, 0.2) is 66.7 Å². The van der Waals surface area contributed by atoms with E-state index in [0.29, 0.717) is 28.7 Å². The van der Waals surface area contributed by atoms with E-state index >= 15 is 0 Å². The molecule has 6 nitrogen and oxygen atoms in total. The largest absolute Gasteiger partial charge is 0.495 e. The first-order valence-corrected chi connectivity index (χ1v) is 12.6. The smallest absolute Gasteiger partial charge is 0.233 e. The van der Waals surface area contributed by atoms with Crippen molar-refractivity contribution in [3.8, 4) is 22.6 Å². The monoisotopic (exact) mass is 488 g/mol. The molecule has 0 N–H and O–H groups in total. The van der Waals surface area contributed by atoms with Gasteiger partial charge in [-0.3, -0.25) is 9.69 Å². The molecule has 4 aromatic rings. The predicted molar refractivity (Wildman–Crippen MR) is 140 cm³/mol. The third kappa shape index (κ3) is 5.01. The Morgan fingerprint density at radius 2 is 1.71 bits per heavy atom. The van der Waals surface area contributed by atoms with Gasteiger partial charge in [0.2, 0.25) is 5.91 Å². The van der Waals surface area contributed by atoms with Crippen molar-refractivity contribution in [3.05, 3.63) is 72.3 Å². The average Bonchev–Trinajstić information content (AvgIpc) is 3.58. The molecule has 1 amide bonds. The zero-order valence-electron chi connectivity index (χ0n) is 19.9. The van der Waals surface area contributed by atoms with Gasteiger partial charge in [0.1, 0.15) is 21.7 Å². The van der Waals surface area contributed by atoms with Crippen LogP contribution in [0.4, 0.5) is 5.13 Å². The highest BCUT2D eigenvalue weighted by atomic mass is 32.1. The van der Waals surface area contributed by atoms with Gasteiger partial charge in [-0.25, -0.2) is 4.98 Å². The second-order valence-electron chi connectivity index (χ2n) is 8.52. The molecule has 0 aliphatic carbocycles. The van der Waals surface area contributed by atoms with Crippen molar-refractivity contribution >= 4 is 32.6 Å². The molecule has 3 aromatic carbocycles. The normalized spacial score (nSPS) is 15.3. The molecule has 1 unspecified atom stereocenters. The van der Waals surface area contributed by atoms with Gasteiger partial charge in [0.15, 0.2) is 5.13 Å². The first kappa shape index (κ1) is 23.3. The Morgan fingerprint density at radius 3 is 2.40 bits per heavy atom. The molecule has 180 valence electrons. The van der Waals surface area contributed by atoms with Gasteiger partial charge in [-0.05, 0) is 41.7 Å². The van der Waals surface area contributed by atoms with Crippen molar-refractivity contribution in [2.45, 2.75) is 25.4 Å². The fraction of sp³-hybridized carbons (Fsp3) is 0.286. The molecule has 0 radical (unpaired) electrons. The molecule has 0 saturated carbocycles. The summed E-state index contributed by atoms with van der Waals surface area (Å²) >= 11 is 1.44. The average molecular weight is 489 g/mol. The minimum atomic E-state index is -0.00930. The highest BCUT2D eigenvalue weighted by molar-refractivity contribution is 7.22. The third-order valence-corrected chi connectivity index (χ3v) is 7.35. The van der Waals surface area contributed by atoms with Crippen molar-refractivity contribution < 1.29 is 19.0 Å². The SMILES string of the molecule is COc1ccc(OC)c2sc(N(CC3CCCO3)C(=O)Cc3ccc(-c4ccccc4)cc3)nc12. The van der Waals surface area contributed by atoms with Gasteiger partial charge in [0.05, 0.1) is 33.3 Å². The number of fused-ring (bicyclic) bond motifs is 1. The number of thiazole rings is 1. The minimum Gasteiger partial charge on any atom is -0.495 e. The van der Waals surface area contributed by atoms with Crippen LogP contribution in [0.1, 0.15) is 18.4 Å². The number of hydrogen-bond donors (Lipinski definition) is 0. The lowest BCUT2D eigenvalue weighted by Crippen LogP contribution is -2.38. The summed E-state index contributed by atoms with van der Waals surface area (Å²) in [6, 6.07) is 22.1. The molecule has 0 bridgehead atoms. The van der Waals surface area contributed by atoms with Gasteiger partial charge in [-0.1, -0.05) is 65.9 Å². The van der Waals surface area contributed by atoms with Crippen LogP contribution in [-0.4, -0.2) is 44.4 Å². The second kappa shape index (κ2) is 10.5. The van der Waals surface area contributed by atoms with Gasteiger partial charge in [-0.2, -0.15) is 0 Å². The number of methoxy groups -OCH3 is 2. The van der Waals surface area contributed by atoms with Gasteiger partial charge >= 0.3 is 0 Å². The number of anilines is 1. The number of aromatic nitrogens is 1. The molecule has 1 aliphatic heterocycles. The van der Waals surface area contributed by atoms with Gasteiger partial charge in [0.25, 0.3) is 0 Å². The number of hydrogen-bond acceptors (Lipinski definition) is 6. The summed E-state index contributed by atoms with van der Waals surface area (Å²) in [5.41, 5.74) is 3.94. The number of carbonyl (C=O) groups is 1. The van der Waals surface area contributed by atoms with E-state index in [0.717, 1.165) is 40.8 Å². The summed E-state index contributed by atoms with van der Waals surface area (Å²) < 4.78 is 17.8. The van der Waals surface area contributed by atoms with Crippen LogP contribution >= 0.6 is 11.3 Å². The van der Waals surface area contributed by atoms with Crippen molar-refractivity contribution in [3.63, 3.8) is 0 Å². The molecule has 1 atom stereocenters. The Hall–Kier alpha value is -3.42. The molecule has 1 fully saturated rings. The summed E-state index contributed by atoms with van der Waals surface area (Å²) in [5.74, 6) is 1.36. The minimum absolute atomic E-state index is 0.00930. The summed E-state index contributed by atoms with van der Waals surface area (Å²) in [7, 11) is 3.25. The van der Waals surface area contributed by atoms with E-state index in [1.165, 1.54) is 11.3 Å². The molecule has 1 saturated heterocycles. The van der Waals surface area contributed by atoms with E-state index < -0.39 is 0 Å². The zero-order valence-corrected chi connectivity index (χ0v) is 20.7. The van der Waals surface area contributed by atoms with Gasteiger partial charge < -0.3 is 14.2 Å². The van der Waals surface area contributed by atoms with Crippen LogP contribution in [-0.2, 0) is 16.0 Å². The number of carbonyl (C=O) groups excluding carboxylic acids is 1. The van der Waals surface area contributed by atoms with Crippen molar-refractivity contribution in [1.82, 2.24) is 4.98 Å². The van der Waals surface area contributed by atoms with Crippen LogP contribution in [0.2, 0.25) is 0 Å². The molecular weight excluding hydrogens is 460 g/mol. The second-order valence-corrected chi connectivity index (χ2v) is 9.50. The van der Waals surface area contributed by atoms with Crippen LogP contribution in [0.5, 0.6) is 11.5 Å². The van der Waals surface area contributed by atoms with Crippen LogP contribution in [0, 0.1) is 0 Å². The van der Waals surface area contributed by atoms with E-state index in [2.05, 4.69) is 24.3 Å². The maximum Gasteiger partial charge on any atom is 0.233 e. The Kier molecular flexibility index (Phi) is 6.97. The first-order chi connectivity index (χ1) is 17.2. The van der Waals surface area contributed by atoms with E-state index in [1.54, 1.807) is 19.1 Å². The standard InChI is InChI=1S/C28H28N2O4S/c1-32-23-14-15-24(33-2)27-26(23)29-28(35-27)30(18-22-9-6-16-34-22)25(31)17-19-10-12-21(13-11-19)20-7-4-3-5-8-20/h3-5,7-8,10-15,22H,6,9,16-18H2,1-2H3. The van der Waals surface area contributed by atoms with Crippen LogP contribution in [0.25, 0.3) is 21.3 Å². The molecule has 7 heteroatoms. The predicted octanol–water partition coefficient (Wildman–Crippen LogP) is 5.74. The Bertz CT molecular complexity index is 1260. The van der Waals surface area contributed by atoms with Crippen LogP contribution < -0.4 is 14.4 Å². The first-order valence-electron chi connectivity index (χ1n) is 11.7.